The van der Waals surface area contributed by atoms with Crippen molar-refractivity contribution in [2.24, 2.45) is 0 Å². The maximum Gasteiger partial charge on any atom is 0.135 e. The van der Waals surface area contributed by atoms with Crippen molar-refractivity contribution in [3.8, 4) is 0 Å². The van der Waals surface area contributed by atoms with Crippen LogP contribution in [0.25, 0.3) is 0 Å². The highest BCUT2D eigenvalue weighted by Gasteiger charge is 2.22. The van der Waals surface area contributed by atoms with E-state index >= 15 is 0 Å². The summed E-state index contributed by atoms with van der Waals surface area (Å²) in [5.74, 6) is -1.47. The van der Waals surface area contributed by atoms with Gasteiger partial charge in [0.15, 0.2) is 0 Å². The van der Waals surface area contributed by atoms with Gasteiger partial charge >= 0.3 is 0 Å². The van der Waals surface area contributed by atoms with Gasteiger partial charge in [-0.25, -0.2) is 8.78 Å². The molecule has 0 spiro atoms. The van der Waals surface area contributed by atoms with Crippen LogP contribution in [-0.4, -0.2) is 14.9 Å². The Bertz CT molecular complexity index is 566. The zero-order chi connectivity index (χ0) is 13.3. The Balaban J connectivity index is 2.45. The molecular weight excluding hydrogens is 238 g/mol. The molecule has 0 bridgehead atoms. The van der Waals surface area contributed by atoms with Crippen LogP contribution in [0.2, 0.25) is 0 Å². The van der Waals surface area contributed by atoms with Crippen molar-refractivity contribution >= 4 is 0 Å². The highest BCUT2D eigenvalue weighted by atomic mass is 19.1. The number of hydrogen-bond donors (Lipinski definition) is 1. The summed E-state index contributed by atoms with van der Waals surface area (Å²) < 4.78 is 29.1. The quantitative estimate of drug-likeness (QED) is 0.911. The van der Waals surface area contributed by atoms with Gasteiger partial charge in [-0.3, -0.25) is 4.68 Å². The largest absolute Gasteiger partial charge is 0.383 e. The van der Waals surface area contributed by atoms with Crippen molar-refractivity contribution in [2.45, 2.75) is 26.5 Å². The van der Waals surface area contributed by atoms with Gasteiger partial charge in [-0.1, -0.05) is 6.07 Å². The molecule has 2 aromatic rings. The fraction of sp³-hybridized carbons (Fsp3) is 0.308. The van der Waals surface area contributed by atoms with E-state index in [-0.39, 0.29) is 5.56 Å². The number of benzene rings is 1. The molecule has 0 saturated carbocycles. The van der Waals surface area contributed by atoms with Crippen LogP contribution in [0, 0.1) is 18.6 Å². The monoisotopic (exact) mass is 252 g/mol. The highest BCUT2D eigenvalue weighted by Crippen LogP contribution is 2.28. The Hall–Kier alpha value is -1.75. The first-order valence-electron chi connectivity index (χ1n) is 5.69. The maximum atomic E-state index is 13.9. The van der Waals surface area contributed by atoms with Crippen molar-refractivity contribution in [3.63, 3.8) is 0 Å². The molecule has 3 nitrogen and oxygen atoms in total. The van der Waals surface area contributed by atoms with Crippen molar-refractivity contribution in [2.75, 3.05) is 0 Å². The molecule has 0 aliphatic carbocycles. The van der Waals surface area contributed by atoms with Gasteiger partial charge in [-0.05, 0) is 25.5 Å². The summed E-state index contributed by atoms with van der Waals surface area (Å²) in [6, 6.07) is 2.50. The summed E-state index contributed by atoms with van der Waals surface area (Å²) >= 11 is 0. The van der Waals surface area contributed by atoms with Gasteiger partial charge in [0.1, 0.15) is 17.7 Å². The van der Waals surface area contributed by atoms with Crippen LogP contribution in [0.1, 0.15) is 29.7 Å². The van der Waals surface area contributed by atoms with Crippen molar-refractivity contribution in [1.82, 2.24) is 9.78 Å². The molecule has 1 aromatic heterocycles. The van der Waals surface area contributed by atoms with Crippen LogP contribution in [0.3, 0.4) is 0 Å². The average Bonchev–Trinajstić information content (AvgIpc) is 2.83. The smallest absolute Gasteiger partial charge is 0.135 e. The SMILES string of the molecule is CCn1cc(C(O)c2c(F)ccc(C)c2F)cn1. The summed E-state index contributed by atoms with van der Waals surface area (Å²) in [6.07, 6.45) is 1.64. The Morgan fingerprint density at radius 3 is 2.72 bits per heavy atom. The predicted octanol–water partition coefficient (Wildman–Crippen LogP) is 2.57. The summed E-state index contributed by atoms with van der Waals surface area (Å²) in [7, 11) is 0. The van der Waals surface area contributed by atoms with E-state index in [2.05, 4.69) is 5.10 Å². The van der Waals surface area contributed by atoms with Crippen LogP contribution < -0.4 is 0 Å². The molecule has 0 saturated heterocycles. The van der Waals surface area contributed by atoms with E-state index in [0.717, 1.165) is 6.07 Å². The number of halogens is 2. The Morgan fingerprint density at radius 1 is 1.39 bits per heavy atom. The van der Waals surface area contributed by atoms with E-state index in [4.69, 9.17) is 0 Å². The number of aryl methyl sites for hydroxylation is 2. The van der Waals surface area contributed by atoms with Gasteiger partial charge in [-0.15, -0.1) is 0 Å². The summed E-state index contributed by atoms with van der Waals surface area (Å²) in [6.45, 7) is 4.04. The van der Waals surface area contributed by atoms with E-state index in [1.807, 2.05) is 6.92 Å². The zero-order valence-electron chi connectivity index (χ0n) is 10.2. The minimum Gasteiger partial charge on any atom is -0.383 e. The molecule has 0 aliphatic heterocycles. The average molecular weight is 252 g/mol. The van der Waals surface area contributed by atoms with E-state index in [1.165, 1.54) is 19.2 Å². The molecule has 1 atom stereocenters. The number of rotatable bonds is 3. The molecular formula is C13H14F2N2O. The van der Waals surface area contributed by atoms with Gasteiger partial charge in [0.25, 0.3) is 0 Å². The van der Waals surface area contributed by atoms with Crippen LogP contribution in [0.4, 0.5) is 8.78 Å². The molecule has 2 rings (SSSR count). The number of hydrogen-bond acceptors (Lipinski definition) is 2. The van der Waals surface area contributed by atoms with E-state index in [9.17, 15) is 13.9 Å². The standard InChI is InChI=1S/C13H14F2N2O/c1-3-17-7-9(6-16-17)13(18)11-10(14)5-4-8(2)12(11)15/h4-7,13,18H,3H2,1-2H3. The molecule has 5 heteroatoms. The summed E-state index contributed by atoms with van der Waals surface area (Å²) in [4.78, 5) is 0. The molecule has 0 amide bonds. The van der Waals surface area contributed by atoms with Gasteiger partial charge in [0.05, 0.1) is 11.8 Å². The third kappa shape index (κ3) is 2.13. The second-order valence-corrected chi connectivity index (χ2v) is 4.12. The normalized spacial score (nSPS) is 12.7. The second-order valence-electron chi connectivity index (χ2n) is 4.12. The zero-order valence-corrected chi connectivity index (χ0v) is 10.2. The lowest BCUT2D eigenvalue weighted by Gasteiger charge is -2.12. The minimum absolute atomic E-state index is 0.299. The third-order valence-electron chi connectivity index (χ3n) is 2.89. The number of aromatic nitrogens is 2. The molecule has 1 heterocycles. The first kappa shape index (κ1) is 12.7. The summed E-state index contributed by atoms with van der Waals surface area (Å²) in [5.41, 5.74) is 0.347. The first-order chi connectivity index (χ1) is 8.54. The second kappa shape index (κ2) is 4.86. The predicted molar refractivity (Wildman–Crippen MR) is 63.1 cm³/mol. The van der Waals surface area contributed by atoms with Crippen molar-refractivity contribution in [1.29, 1.82) is 0 Å². The lowest BCUT2D eigenvalue weighted by molar-refractivity contribution is 0.208. The molecule has 1 unspecified atom stereocenters. The van der Waals surface area contributed by atoms with Gasteiger partial charge in [-0.2, -0.15) is 5.10 Å². The Kier molecular flexibility index (Phi) is 3.43. The molecule has 96 valence electrons. The minimum atomic E-state index is -1.34. The van der Waals surface area contributed by atoms with Crippen LogP contribution >= 0.6 is 0 Å². The van der Waals surface area contributed by atoms with E-state index in [0.29, 0.717) is 17.7 Å². The number of aliphatic hydroxyl groups excluding tert-OH is 1. The van der Waals surface area contributed by atoms with Crippen molar-refractivity contribution in [3.05, 3.63) is 52.9 Å². The number of nitrogens with zero attached hydrogens (tertiary/aromatic N) is 2. The van der Waals surface area contributed by atoms with Gasteiger partial charge < -0.3 is 5.11 Å². The van der Waals surface area contributed by atoms with Crippen LogP contribution in [-0.2, 0) is 6.54 Å². The van der Waals surface area contributed by atoms with Crippen LogP contribution in [0.15, 0.2) is 24.5 Å². The molecule has 0 fully saturated rings. The van der Waals surface area contributed by atoms with Gasteiger partial charge in [0.2, 0.25) is 0 Å². The fourth-order valence-electron chi connectivity index (χ4n) is 1.79. The van der Waals surface area contributed by atoms with E-state index in [1.54, 1.807) is 10.9 Å². The van der Waals surface area contributed by atoms with Crippen molar-refractivity contribution < 1.29 is 13.9 Å². The Morgan fingerprint density at radius 2 is 2.11 bits per heavy atom. The first-order valence-corrected chi connectivity index (χ1v) is 5.69. The lowest BCUT2D eigenvalue weighted by atomic mass is 10.0. The lowest BCUT2D eigenvalue weighted by Crippen LogP contribution is -2.06. The topological polar surface area (TPSA) is 38.0 Å². The molecule has 1 N–H and O–H groups in total. The van der Waals surface area contributed by atoms with Crippen LogP contribution in [0.5, 0.6) is 0 Å². The maximum absolute atomic E-state index is 13.9. The number of aliphatic hydroxyl groups is 1. The Labute approximate surface area is 104 Å². The molecule has 1 aromatic carbocycles. The molecule has 18 heavy (non-hydrogen) atoms. The molecule has 0 radical (unpaired) electrons. The highest BCUT2D eigenvalue weighted by molar-refractivity contribution is 5.33. The van der Waals surface area contributed by atoms with E-state index < -0.39 is 17.7 Å². The summed E-state index contributed by atoms with van der Waals surface area (Å²) in [5, 5.41) is 14.0. The fourth-order valence-corrected chi connectivity index (χ4v) is 1.79. The molecule has 0 aliphatic rings. The third-order valence-corrected chi connectivity index (χ3v) is 2.89. The van der Waals surface area contributed by atoms with Gasteiger partial charge in [0, 0.05) is 18.3 Å².